The Hall–Kier alpha value is -2.50. The van der Waals surface area contributed by atoms with Gasteiger partial charge in [-0.1, -0.05) is 0 Å². The van der Waals surface area contributed by atoms with Gasteiger partial charge in [-0.15, -0.1) is 0 Å². The van der Waals surface area contributed by atoms with Gasteiger partial charge in [-0.05, 0) is 24.3 Å². The number of carbonyl (C=O) groups is 1. The Morgan fingerprint density at radius 1 is 1.42 bits per heavy atom. The third-order valence-electron chi connectivity index (χ3n) is 2.45. The predicted octanol–water partition coefficient (Wildman–Crippen LogP) is 1.92. The number of nitrogens with zero attached hydrogens (tertiary/aromatic N) is 2. The first-order valence-corrected chi connectivity index (χ1v) is 5.48. The molecule has 0 radical (unpaired) electrons. The minimum Gasteiger partial charge on any atom is -0.496 e. The highest BCUT2D eigenvalue weighted by molar-refractivity contribution is 5.70. The summed E-state index contributed by atoms with van der Waals surface area (Å²) >= 11 is 0. The number of ether oxygens (including phenoxy) is 1. The van der Waals surface area contributed by atoms with Crippen molar-refractivity contribution in [3.05, 3.63) is 42.1 Å². The number of aromatic nitrogens is 2. The normalized spacial score (nSPS) is 10.2. The van der Waals surface area contributed by atoms with Crippen molar-refractivity contribution in [1.29, 1.82) is 0 Å². The summed E-state index contributed by atoms with van der Waals surface area (Å²) in [5.41, 5.74) is 0.874. The Kier molecular flexibility index (Phi) is 3.70. The molecule has 0 bridgehead atoms. The SMILES string of the molecule is COc1ccc(F)cc1-c1ccnc(CC(=O)O)n1. The quantitative estimate of drug-likeness (QED) is 0.911. The summed E-state index contributed by atoms with van der Waals surface area (Å²) in [5, 5.41) is 8.71. The maximum Gasteiger partial charge on any atom is 0.311 e. The van der Waals surface area contributed by atoms with Gasteiger partial charge in [0.05, 0.1) is 12.8 Å². The Labute approximate surface area is 108 Å². The number of halogens is 1. The summed E-state index contributed by atoms with van der Waals surface area (Å²) in [4.78, 5) is 18.6. The molecule has 0 amide bonds. The number of aliphatic carboxylic acids is 1. The lowest BCUT2D eigenvalue weighted by molar-refractivity contribution is -0.136. The monoisotopic (exact) mass is 262 g/mol. The van der Waals surface area contributed by atoms with Gasteiger partial charge in [-0.2, -0.15) is 0 Å². The van der Waals surface area contributed by atoms with Gasteiger partial charge in [-0.3, -0.25) is 4.79 Å². The fourth-order valence-corrected chi connectivity index (χ4v) is 1.65. The number of carboxylic acids is 1. The second-order valence-corrected chi connectivity index (χ2v) is 3.77. The Bertz CT molecular complexity index is 617. The topological polar surface area (TPSA) is 72.3 Å². The summed E-state index contributed by atoms with van der Waals surface area (Å²) in [6, 6.07) is 5.62. The van der Waals surface area contributed by atoms with Crippen molar-refractivity contribution >= 4 is 5.97 Å². The summed E-state index contributed by atoms with van der Waals surface area (Å²) in [6.45, 7) is 0. The van der Waals surface area contributed by atoms with Crippen molar-refractivity contribution in [3.63, 3.8) is 0 Å². The first-order chi connectivity index (χ1) is 9.10. The standard InChI is InChI=1S/C13H11FN2O3/c1-19-11-3-2-8(14)6-9(11)10-4-5-15-12(16-10)7-13(17)18/h2-6H,7H2,1H3,(H,17,18). The van der Waals surface area contributed by atoms with Gasteiger partial charge >= 0.3 is 5.97 Å². The van der Waals surface area contributed by atoms with Crippen LogP contribution in [0.3, 0.4) is 0 Å². The van der Waals surface area contributed by atoms with Crippen LogP contribution in [0.4, 0.5) is 4.39 Å². The molecule has 2 rings (SSSR count). The molecule has 98 valence electrons. The highest BCUT2D eigenvalue weighted by atomic mass is 19.1. The van der Waals surface area contributed by atoms with E-state index < -0.39 is 11.8 Å². The molecule has 1 aromatic carbocycles. The molecule has 0 saturated carbocycles. The van der Waals surface area contributed by atoms with Crippen LogP contribution in [-0.4, -0.2) is 28.2 Å². The molecule has 19 heavy (non-hydrogen) atoms. The average molecular weight is 262 g/mol. The Morgan fingerprint density at radius 2 is 2.21 bits per heavy atom. The number of carboxylic acid groups (broad SMARTS) is 1. The lowest BCUT2D eigenvalue weighted by atomic mass is 10.1. The van der Waals surface area contributed by atoms with E-state index in [0.717, 1.165) is 0 Å². The van der Waals surface area contributed by atoms with Gasteiger partial charge in [0.1, 0.15) is 23.8 Å². The van der Waals surface area contributed by atoms with E-state index >= 15 is 0 Å². The smallest absolute Gasteiger partial charge is 0.311 e. The average Bonchev–Trinajstić information content (AvgIpc) is 2.38. The predicted molar refractivity (Wildman–Crippen MR) is 65.3 cm³/mol. The van der Waals surface area contributed by atoms with Crippen molar-refractivity contribution in [2.75, 3.05) is 7.11 Å². The third kappa shape index (κ3) is 3.04. The highest BCUT2D eigenvalue weighted by Gasteiger charge is 2.11. The first kappa shape index (κ1) is 12.9. The van der Waals surface area contributed by atoms with Gasteiger partial charge < -0.3 is 9.84 Å². The molecule has 2 aromatic rings. The Morgan fingerprint density at radius 3 is 2.89 bits per heavy atom. The summed E-state index contributed by atoms with van der Waals surface area (Å²) in [6.07, 6.45) is 1.15. The first-order valence-electron chi connectivity index (χ1n) is 5.48. The molecule has 0 aliphatic carbocycles. The van der Waals surface area contributed by atoms with Crippen LogP contribution >= 0.6 is 0 Å². The van der Waals surface area contributed by atoms with Gasteiger partial charge in [0, 0.05) is 11.8 Å². The molecule has 6 heteroatoms. The molecular weight excluding hydrogens is 251 g/mol. The molecule has 1 aromatic heterocycles. The van der Waals surface area contributed by atoms with Gasteiger partial charge in [-0.25, -0.2) is 14.4 Å². The van der Waals surface area contributed by atoms with Crippen LogP contribution in [0.5, 0.6) is 5.75 Å². The van der Waals surface area contributed by atoms with Gasteiger partial charge in [0.15, 0.2) is 0 Å². The zero-order valence-electron chi connectivity index (χ0n) is 10.1. The number of hydrogen-bond acceptors (Lipinski definition) is 4. The molecule has 5 nitrogen and oxygen atoms in total. The van der Waals surface area contributed by atoms with Crippen molar-refractivity contribution in [2.45, 2.75) is 6.42 Å². The number of benzene rings is 1. The molecular formula is C13H11FN2O3. The lowest BCUT2D eigenvalue weighted by Crippen LogP contribution is -2.05. The van der Waals surface area contributed by atoms with Gasteiger partial charge in [0.2, 0.25) is 0 Å². The van der Waals surface area contributed by atoms with Gasteiger partial charge in [0.25, 0.3) is 0 Å². The maximum atomic E-state index is 13.3. The molecule has 0 saturated heterocycles. The van der Waals surface area contributed by atoms with Crippen molar-refractivity contribution in [1.82, 2.24) is 9.97 Å². The van der Waals surface area contributed by atoms with Crippen LogP contribution in [0.25, 0.3) is 11.3 Å². The van der Waals surface area contributed by atoms with Crippen molar-refractivity contribution < 1.29 is 19.0 Å². The maximum absolute atomic E-state index is 13.3. The van der Waals surface area contributed by atoms with E-state index in [0.29, 0.717) is 17.0 Å². The van der Waals surface area contributed by atoms with Crippen LogP contribution in [0.2, 0.25) is 0 Å². The van der Waals surface area contributed by atoms with Crippen LogP contribution in [0.15, 0.2) is 30.5 Å². The zero-order chi connectivity index (χ0) is 13.8. The second-order valence-electron chi connectivity index (χ2n) is 3.77. The molecule has 1 N–H and O–H groups in total. The third-order valence-corrected chi connectivity index (χ3v) is 2.45. The molecule has 1 heterocycles. The summed E-state index contributed by atoms with van der Waals surface area (Å²) < 4.78 is 18.4. The van der Waals surface area contributed by atoms with E-state index in [9.17, 15) is 9.18 Å². The molecule has 0 spiro atoms. The van der Waals surface area contributed by atoms with Crippen LogP contribution < -0.4 is 4.74 Å². The molecule has 0 aliphatic heterocycles. The van der Waals surface area contributed by atoms with Crippen LogP contribution in [0.1, 0.15) is 5.82 Å². The van der Waals surface area contributed by atoms with E-state index in [1.807, 2.05) is 0 Å². The summed E-state index contributed by atoms with van der Waals surface area (Å²) in [7, 11) is 1.47. The van der Waals surface area contributed by atoms with E-state index in [4.69, 9.17) is 9.84 Å². The minimum absolute atomic E-state index is 0.163. The fourth-order valence-electron chi connectivity index (χ4n) is 1.65. The number of methoxy groups -OCH3 is 1. The second kappa shape index (κ2) is 5.43. The molecule has 0 unspecified atom stereocenters. The number of rotatable bonds is 4. The van der Waals surface area contributed by atoms with E-state index in [-0.39, 0.29) is 12.2 Å². The molecule has 0 aliphatic rings. The van der Waals surface area contributed by atoms with Crippen molar-refractivity contribution in [3.8, 4) is 17.0 Å². The molecule has 0 atom stereocenters. The lowest BCUT2D eigenvalue weighted by Gasteiger charge is -2.08. The van der Waals surface area contributed by atoms with E-state index in [1.54, 1.807) is 6.07 Å². The Balaban J connectivity index is 2.46. The number of hydrogen-bond donors (Lipinski definition) is 1. The van der Waals surface area contributed by atoms with Crippen LogP contribution in [0, 0.1) is 5.82 Å². The summed E-state index contributed by atoms with van der Waals surface area (Å²) in [5.74, 6) is -0.824. The van der Waals surface area contributed by atoms with Crippen molar-refractivity contribution in [2.24, 2.45) is 0 Å². The molecule has 0 fully saturated rings. The highest BCUT2D eigenvalue weighted by Crippen LogP contribution is 2.28. The minimum atomic E-state index is -1.02. The zero-order valence-corrected chi connectivity index (χ0v) is 10.1. The largest absolute Gasteiger partial charge is 0.496 e. The van der Waals surface area contributed by atoms with E-state index in [2.05, 4.69) is 9.97 Å². The van der Waals surface area contributed by atoms with E-state index in [1.165, 1.54) is 31.5 Å². The fraction of sp³-hybridized carbons (Fsp3) is 0.154. The van der Waals surface area contributed by atoms with Crippen LogP contribution in [-0.2, 0) is 11.2 Å².